The monoisotopic (exact) mass is 664 g/mol. The average Bonchev–Trinajstić information content (AvgIpc) is 2.96. The third-order valence-electron chi connectivity index (χ3n) is 7.03. The highest BCUT2D eigenvalue weighted by molar-refractivity contribution is 5.96. The van der Waals surface area contributed by atoms with Gasteiger partial charge < -0.3 is 38.3 Å². The topological polar surface area (TPSA) is 250 Å². The van der Waals surface area contributed by atoms with Gasteiger partial charge in [-0.15, -0.1) is 0 Å². The molecule has 0 aliphatic heterocycles. The molecule has 12 N–H and O–H groups in total. The molecule has 3 atom stereocenters. The lowest BCUT2D eigenvalue weighted by atomic mass is 9.75. The number of aliphatic carboxylic acids is 1. The number of halogens is 3. The fraction of sp³-hybridized carbons (Fsp3) is 0.419. The number of carbonyl (C=O) groups is 4. The number of nitrogen functional groups attached to an aromatic ring is 1. The number of carboxylic acids is 1. The fourth-order valence-corrected chi connectivity index (χ4v) is 4.37. The van der Waals surface area contributed by atoms with Gasteiger partial charge in [-0.05, 0) is 42.7 Å². The Labute approximate surface area is 270 Å². The summed E-state index contributed by atoms with van der Waals surface area (Å²) in [5.74, 6) is -4.56. The maximum absolute atomic E-state index is 14.0. The lowest BCUT2D eigenvalue weighted by molar-refractivity contribution is -0.192. The van der Waals surface area contributed by atoms with Crippen LogP contribution in [0.2, 0.25) is 0 Å². The van der Waals surface area contributed by atoms with Crippen LogP contribution in [0, 0.1) is 16.2 Å². The minimum atomic E-state index is -5.08. The molecule has 2 rings (SSSR count). The third kappa shape index (κ3) is 13.0. The first-order valence-electron chi connectivity index (χ1n) is 14.4. The SMILES string of the molecule is CC(C)(C)[C@H](NC(=O)[C@@](C)(Cc1ccc(C(=N)N)cc1)c1ccccc1)C(=O)NC(CCCNC(=N)N)C(N)=O.O=C(O)C(F)(F)F. The second kappa shape index (κ2) is 17.0. The summed E-state index contributed by atoms with van der Waals surface area (Å²) in [6.45, 7) is 7.65. The zero-order valence-corrected chi connectivity index (χ0v) is 26.6. The van der Waals surface area contributed by atoms with Crippen LogP contribution in [0.3, 0.4) is 0 Å². The summed E-state index contributed by atoms with van der Waals surface area (Å²) < 4.78 is 31.7. The molecule has 47 heavy (non-hydrogen) atoms. The number of nitrogens with two attached hydrogens (primary N) is 3. The van der Waals surface area contributed by atoms with Crippen molar-refractivity contribution < 1.29 is 37.5 Å². The van der Waals surface area contributed by atoms with E-state index < -0.39 is 46.9 Å². The zero-order chi connectivity index (χ0) is 36.2. The first-order chi connectivity index (χ1) is 21.6. The summed E-state index contributed by atoms with van der Waals surface area (Å²) >= 11 is 0. The predicted molar refractivity (Wildman–Crippen MR) is 170 cm³/mol. The highest BCUT2D eigenvalue weighted by Crippen LogP contribution is 2.30. The Morgan fingerprint density at radius 2 is 1.40 bits per heavy atom. The van der Waals surface area contributed by atoms with Crippen molar-refractivity contribution in [3.05, 3.63) is 71.3 Å². The molecule has 0 spiro atoms. The van der Waals surface area contributed by atoms with E-state index in [4.69, 9.17) is 37.9 Å². The number of benzene rings is 2. The molecule has 0 aromatic heterocycles. The van der Waals surface area contributed by atoms with Gasteiger partial charge in [0.15, 0.2) is 5.96 Å². The van der Waals surface area contributed by atoms with Crippen molar-refractivity contribution in [2.45, 2.75) is 70.6 Å². The van der Waals surface area contributed by atoms with Gasteiger partial charge >= 0.3 is 12.1 Å². The van der Waals surface area contributed by atoms with Crippen LogP contribution < -0.4 is 33.2 Å². The Morgan fingerprint density at radius 1 is 0.872 bits per heavy atom. The molecular weight excluding hydrogens is 621 g/mol. The quantitative estimate of drug-likeness (QED) is 0.0866. The number of carboxylic acid groups (broad SMARTS) is 1. The van der Waals surface area contributed by atoms with E-state index in [1.54, 1.807) is 12.1 Å². The number of nitrogens with one attached hydrogen (secondary N) is 5. The van der Waals surface area contributed by atoms with Gasteiger partial charge in [0.25, 0.3) is 0 Å². The predicted octanol–water partition coefficient (Wildman–Crippen LogP) is 1.87. The number of amides is 3. The molecule has 2 aromatic carbocycles. The van der Waals surface area contributed by atoms with Crippen molar-refractivity contribution in [1.29, 1.82) is 10.8 Å². The number of amidine groups is 1. The van der Waals surface area contributed by atoms with Crippen molar-refractivity contribution in [3.63, 3.8) is 0 Å². The van der Waals surface area contributed by atoms with E-state index in [0.717, 1.165) is 11.1 Å². The Balaban J connectivity index is 0.00000141. The summed E-state index contributed by atoms with van der Waals surface area (Å²) in [4.78, 5) is 48.5. The lowest BCUT2D eigenvalue weighted by Gasteiger charge is -2.36. The van der Waals surface area contributed by atoms with E-state index in [9.17, 15) is 27.6 Å². The third-order valence-corrected chi connectivity index (χ3v) is 7.03. The highest BCUT2D eigenvalue weighted by Gasteiger charge is 2.41. The van der Waals surface area contributed by atoms with E-state index in [2.05, 4.69) is 16.0 Å². The first-order valence-corrected chi connectivity index (χ1v) is 14.4. The molecule has 1 unspecified atom stereocenters. The molecule has 0 bridgehead atoms. The number of rotatable bonds is 13. The summed E-state index contributed by atoms with van der Waals surface area (Å²) in [5.41, 5.74) is 16.9. The Bertz CT molecular complexity index is 1410. The van der Waals surface area contributed by atoms with Crippen molar-refractivity contribution in [2.24, 2.45) is 22.6 Å². The van der Waals surface area contributed by atoms with Crippen LogP contribution in [0.5, 0.6) is 0 Å². The molecule has 0 aliphatic carbocycles. The Morgan fingerprint density at radius 3 is 1.83 bits per heavy atom. The van der Waals surface area contributed by atoms with Gasteiger partial charge in [-0.1, -0.05) is 75.4 Å². The number of hydrogen-bond acceptors (Lipinski definition) is 6. The van der Waals surface area contributed by atoms with Crippen LogP contribution in [-0.2, 0) is 31.0 Å². The zero-order valence-electron chi connectivity index (χ0n) is 26.6. The van der Waals surface area contributed by atoms with Gasteiger partial charge in [-0.2, -0.15) is 13.2 Å². The molecule has 16 heteroatoms. The summed E-state index contributed by atoms with van der Waals surface area (Å²) in [6.07, 6.45) is -4.08. The fourth-order valence-electron chi connectivity index (χ4n) is 4.37. The standard InChI is InChI=1S/C29H42N8O3.C2HF3O2/c1-28(2,3)22(25(39)36-21(24(32)38)11-8-16-35-27(33)34)37-26(40)29(4,20-9-6-5-7-10-20)17-18-12-14-19(15-13-18)23(30)31;3-2(4,5)1(6)7/h5-7,9-10,12-15,21-22H,8,11,16-17H2,1-4H3,(H3,30,31)(H2,32,38)(H,36,39)(H,37,40)(H4,33,34,35);(H,6,7)/t21?,22-,29+;/m1./s1. The van der Waals surface area contributed by atoms with E-state index in [-0.39, 0.29) is 24.1 Å². The average molecular weight is 665 g/mol. The molecule has 0 saturated heterocycles. The van der Waals surface area contributed by atoms with E-state index >= 15 is 0 Å². The van der Waals surface area contributed by atoms with Crippen molar-refractivity contribution >= 4 is 35.5 Å². The van der Waals surface area contributed by atoms with Gasteiger partial charge in [-0.3, -0.25) is 25.2 Å². The smallest absolute Gasteiger partial charge is 0.475 e. The van der Waals surface area contributed by atoms with Gasteiger partial charge in [0.1, 0.15) is 17.9 Å². The van der Waals surface area contributed by atoms with Gasteiger partial charge in [0, 0.05) is 12.1 Å². The number of guanidine groups is 1. The second-order valence-corrected chi connectivity index (χ2v) is 12.0. The van der Waals surface area contributed by atoms with Crippen molar-refractivity contribution in [2.75, 3.05) is 6.54 Å². The summed E-state index contributed by atoms with van der Waals surface area (Å²) in [6, 6.07) is 14.5. The normalized spacial score (nSPS) is 13.8. The van der Waals surface area contributed by atoms with Crippen LogP contribution in [-0.4, -0.2) is 65.4 Å². The Kier molecular flexibility index (Phi) is 14.4. The number of hydrogen-bond donors (Lipinski definition) is 9. The van der Waals surface area contributed by atoms with Gasteiger partial charge in [0.05, 0.1) is 5.41 Å². The molecule has 0 aliphatic rings. The van der Waals surface area contributed by atoms with Gasteiger partial charge in [-0.25, -0.2) is 4.79 Å². The van der Waals surface area contributed by atoms with E-state index in [1.165, 1.54) is 0 Å². The van der Waals surface area contributed by atoms with Crippen LogP contribution >= 0.6 is 0 Å². The van der Waals surface area contributed by atoms with Crippen molar-refractivity contribution in [1.82, 2.24) is 16.0 Å². The van der Waals surface area contributed by atoms with Gasteiger partial charge in [0.2, 0.25) is 17.7 Å². The van der Waals surface area contributed by atoms with E-state index in [0.29, 0.717) is 24.9 Å². The molecule has 0 heterocycles. The maximum Gasteiger partial charge on any atom is 0.490 e. The van der Waals surface area contributed by atoms with Crippen molar-refractivity contribution in [3.8, 4) is 0 Å². The minimum Gasteiger partial charge on any atom is -0.475 e. The maximum atomic E-state index is 14.0. The number of carbonyl (C=O) groups excluding carboxylic acids is 3. The second-order valence-electron chi connectivity index (χ2n) is 12.0. The molecule has 0 saturated carbocycles. The first kappa shape index (κ1) is 39.9. The molecule has 0 fully saturated rings. The lowest BCUT2D eigenvalue weighted by Crippen LogP contribution is -2.60. The molecular formula is C31H43F3N8O5. The van der Waals surface area contributed by atoms with E-state index in [1.807, 2.05) is 70.2 Å². The molecule has 3 amide bonds. The largest absolute Gasteiger partial charge is 0.490 e. The number of primary amides is 1. The minimum absolute atomic E-state index is 0.0430. The van der Waals surface area contributed by atoms with Crippen LogP contribution in [0.4, 0.5) is 13.2 Å². The summed E-state index contributed by atoms with van der Waals surface area (Å²) in [7, 11) is 0. The Hall–Kier alpha value is -5.15. The number of alkyl halides is 3. The van der Waals surface area contributed by atoms with Crippen LogP contribution in [0.15, 0.2) is 54.6 Å². The molecule has 258 valence electrons. The molecule has 0 radical (unpaired) electrons. The highest BCUT2D eigenvalue weighted by atomic mass is 19.4. The molecule has 13 nitrogen and oxygen atoms in total. The summed E-state index contributed by atoms with van der Waals surface area (Å²) in [5, 5.41) is 30.3. The van der Waals surface area contributed by atoms with Crippen LogP contribution in [0.25, 0.3) is 0 Å². The van der Waals surface area contributed by atoms with Crippen LogP contribution in [0.1, 0.15) is 57.2 Å². The molecule has 2 aromatic rings.